The van der Waals surface area contributed by atoms with Gasteiger partial charge >= 0.3 is 0 Å². The topological polar surface area (TPSA) is 90.3 Å². The first-order valence-corrected chi connectivity index (χ1v) is 16.0. The number of fused-ring (bicyclic) bond motifs is 1. The minimum Gasteiger partial charge on any atom is -0.493 e. The average molecular weight is 683 g/mol. The van der Waals surface area contributed by atoms with Crippen LogP contribution in [0.3, 0.4) is 0 Å². The molecule has 8 nitrogen and oxygen atoms in total. The molecule has 2 N–H and O–H groups in total. The number of methoxy groups -OCH3 is 1. The minimum absolute atomic E-state index is 0.236. The number of hydrogen-bond donors (Lipinski definition) is 2. The van der Waals surface area contributed by atoms with Crippen LogP contribution in [0.2, 0.25) is 5.02 Å². The zero-order valence-electron chi connectivity index (χ0n) is 24.6. The Balaban J connectivity index is 1.56. The molecule has 3 aromatic carbocycles. The van der Waals surface area contributed by atoms with E-state index in [1.165, 1.54) is 0 Å². The Morgan fingerprint density at radius 1 is 1.16 bits per heavy atom. The number of thioether (sulfide) groups is 1. The van der Waals surface area contributed by atoms with Gasteiger partial charge < -0.3 is 20.1 Å². The number of rotatable bonds is 10. The number of carbonyl (C=O) groups is 1. The number of anilines is 2. The molecular formula is C32H33BrClN5O3S. The van der Waals surface area contributed by atoms with E-state index in [-0.39, 0.29) is 12.5 Å². The third kappa shape index (κ3) is 6.71. The Morgan fingerprint density at radius 3 is 2.67 bits per heavy atom. The Bertz CT molecular complexity index is 1710. The van der Waals surface area contributed by atoms with E-state index < -0.39 is 6.04 Å². The number of nitrogens with zero attached hydrogens (tertiary/aromatic N) is 3. The molecule has 1 unspecified atom stereocenters. The van der Waals surface area contributed by atoms with Gasteiger partial charge in [-0.05, 0) is 78.5 Å². The molecule has 1 aliphatic heterocycles. The molecule has 0 aliphatic carbocycles. The lowest BCUT2D eigenvalue weighted by atomic mass is 9.94. The molecule has 0 bridgehead atoms. The third-order valence-electron chi connectivity index (χ3n) is 7.04. The highest BCUT2D eigenvalue weighted by molar-refractivity contribution is 9.10. The van der Waals surface area contributed by atoms with Gasteiger partial charge in [0.05, 0.1) is 17.2 Å². The number of aryl methyl sites for hydroxylation is 2. The highest BCUT2D eigenvalue weighted by Crippen LogP contribution is 2.43. The summed E-state index contributed by atoms with van der Waals surface area (Å²) in [5, 5.41) is 12.5. The summed E-state index contributed by atoms with van der Waals surface area (Å²) in [4.78, 5) is 18.8. The number of hydrogen-bond acceptors (Lipinski definition) is 7. The van der Waals surface area contributed by atoms with Crippen molar-refractivity contribution in [3.05, 3.63) is 97.6 Å². The summed E-state index contributed by atoms with van der Waals surface area (Å²) in [6.45, 7) is 8.27. The van der Waals surface area contributed by atoms with E-state index >= 15 is 0 Å². The molecule has 2 heterocycles. The number of aromatic nitrogens is 3. The van der Waals surface area contributed by atoms with Gasteiger partial charge in [0.25, 0.3) is 5.91 Å². The summed E-state index contributed by atoms with van der Waals surface area (Å²) in [5.41, 5.74) is 5.70. The molecule has 0 spiro atoms. The zero-order valence-corrected chi connectivity index (χ0v) is 27.8. The van der Waals surface area contributed by atoms with E-state index in [1.807, 2.05) is 75.4 Å². The van der Waals surface area contributed by atoms with Crippen molar-refractivity contribution < 1.29 is 14.3 Å². The van der Waals surface area contributed by atoms with Crippen molar-refractivity contribution in [2.45, 2.75) is 51.9 Å². The molecule has 11 heteroatoms. The second kappa shape index (κ2) is 13.4. The first kappa shape index (κ1) is 31.0. The van der Waals surface area contributed by atoms with E-state index in [2.05, 4.69) is 33.5 Å². The third-order valence-corrected chi connectivity index (χ3v) is 9.04. The predicted molar refractivity (Wildman–Crippen MR) is 177 cm³/mol. The maximum absolute atomic E-state index is 14.0. The van der Waals surface area contributed by atoms with Crippen LogP contribution in [0.25, 0.3) is 0 Å². The first-order valence-electron chi connectivity index (χ1n) is 13.9. The fourth-order valence-electron chi connectivity index (χ4n) is 4.93. The predicted octanol–water partition coefficient (Wildman–Crippen LogP) is 8.33. The molecule has 224 valence electrons. The Hall–Kier alpha value is -3.47. The average Bonchev–Trinajstić information content (AvgIpc) is 3.38. The summed E-state index contributed by atoms with van der Waals surface area (Å²) < 4.78 is 14.4. The molecule has 4 aromatic rings. The number of amides is 1. The van der Waals surface area contributed by atoms with Crippen molar-refractivity contribution in [2.24, 2.45) is 0 Å². The van der Waals surface area contributed by atoms with E-state index in [0.29, 0.717) is 43.4 Å². The minimum atomic E-state index is -0.590. The lowest BCUT2D eigenvalue weighted by Crippen LogP contribution is -2.31. The van der Waals surface area contributed by atoms with Crippen LogP contribution in [0, 0.1) is 13.8 Å². The summed E-state index contributed by atoms with van der Waals surface area (Å²) in [7, 11) is 1.59. The maximum atomic E-state index is 14.0. The molecule has 0 saturated heterocycles. The van der Waals surface area contributed by atoms with Gasteiger partial charge in [0.15, 0.2) is 11.5 Å². The summed E-state index contributed by atoms with van der Waals surface area (Å²) in [6.07, 6.45) is 0.992. The normalized spacial score (nSPS) is 14.3. The largest absolute Gasteiger partial charge is 0.493 e. The molecule has 1 aromatic heterocycles. The van der Waals surface area contributed by atoms with Gasteiger partial charge in [-0.25, -0.2) is 4.68 Å². The van der Waals surface area contributed by atoms with Crippen molar-refractivity contribution in [1.29, 1.82) is 0 Å². The number of allylic oxidation sites excluding steroid dienone is 1. The Kier molecular flexibility index (Phi) is 9.68. The summed E-state index contributed by atoms with van der Waals surface area (Å²) >= 11 is 11.6. The van der Waals surface area contributed by atoms with E-state index in [4.69, 9.17) is 31.2 Å². The van der Waals surface area contributed by atoms with Crippen LogP contribution in [0.15, 0.2) is 75.5 Å². The van der Waals surface area contributed by atoms with Gasteiger partial charge in [-0.2, -0.15) is 4.98 Å². The fourth-order valence-corrected chi connectivity index (χ4v) is 6.38. The first-order chi connectivity index (χ1) is 20.7. The van der Waals surface area contributed by atoms with Crippen molar-refractivity contribution in [2.75, 3.05) is 23.5 Å². The molecular weight excluding hydrogens is 650 g/mol. The Morgan fingerprint density at radius 2 is 1.95 bits per heavy atom. The molecule has 43 heavy (non-hydrogen) atoms. The number of benzene rings is 3. The van der Waals surface area contributed by atoms with Gasteiger partial charge in [0, 0.05) is 27.7 Å². The molecule has 0 fully saturated rings. The van der Waals surface area contributed by atoms with Gasteiger partial charge in [-0.1, -0.05) is 66.2 Å². The molecule has 0 saturated carbocycles. The molecule has 1 atom stereocenters. The van der Waals surface area contributed by atoms with E-state index in [9.17, 15) is 4.79 Å². The SMILES string of the molecule is CCCSc1nc2n(n1)C(c1cc(Br)c(OCc3ccccc3Cl)c(OC)c1)C(C(=O)Nc1ccc(C)cc1C)=C(C)N2. The van der Waals surface area contributed by atoms with Gasteiger partial charge in [-0.3, -0.25) is 4.79 Å². The lowest BCUT2D eigenvalue weighted by molar-refractivity contribution is -0.113. The lowest BCUT2D eigenvalue weighted by Gasteiger charge is -2.29. The molecule has 1 amide bonds. The van der Waals surface area contributed by atoms with Crippen LogP contribution in [-0.4, -0.2) is 33.5 Å². The van der Waals surface area contributed by atoms with Gasteiger partial charge in [0.2, 0.25) is 11.1 Å². The van der Waals surface area contributed by atoms with Crippen molar-refractivity contribution in [3.63, 3.8) is 0 Å². The van der Waals surface area contributed by atoms with E-state index in [1.54, 1.807) is 23.6 Å². The monoisotopic (exact) mass is 681 g/mol. The molecule has 1 aliphatic rings. The van der Waals surface area contributed by atoms with Crippen LogP contribution in [0.5, 0.6) is 11.5 Å². The highest BCUT2D eigenvalue weighted by Gasteiger charge is 2.35. The maximum Gasteiger partial charge on any atom is 0.255 e. The number of nitrogens with one attached hydrogen (secondary N) is 2. The zero-order chi connectivity index (χ0) is 30.7. The van der Waals surface area contributed by atoms with Gasteiger partial charge in [0.1, 0.15) is 12.6 Å². The smallest absolute Gasteiger partial charge is 0.255 e. The second-order valence-corrected chi connectivity index (χ2v) is 12.6. The summed E-state index contributed by atoms with van der Waals surface area (Å²) in [6, 6.07) is 16.7. The van der Waals surface area contributed by atoms with Gasteiger partial charge in [-0.15, -0.1) is 5.10 Å². The van der Waals surface area contributed by atoms with Crippen LogP contribution >= 0.6 is 39.3 Å². The molecule has 0 radical (unpaired) electrons. The number of halogens is 2. The quantitative estimate of drug-likeness (QED) is 0.163. The van der Waals surface area contributed by atoms with Crippen LogP contribution in [0.4, 0.5) is 11.6 Å². The number of ether oxygens (including phenoxy) is 2. The summed E-state index contributed by atoms with van der Waals surface area (Å²) in [5.74, 6) is 2.25. The van der Waals surface area contributed by atoms with Crippen LogP contribution < -0.4 is 20.1 Å². The van der Waals surface area contributed by atoms with Crippen molar-refractivity contribution >= 4 is 56.8 Å². The standard InChI is InChI=1S/C32H33BrClN5O3S/c1-6-13-43-32-37-31-35-20(4)27(30(40)36-25-12-11-18(2)14-19(25)3)28(39(31)38-32)22-15-23(33)29(26(16-22)41-5)42-17-21-9-7-8-10-24(21)34/h7-12,14-16,28H,6,13,17H2,1-5H3,(H,36,40)(H,35,37,38). The van der Waals surface area contributed by atoms with Crippen LogP contribution in [-0.2, 0) is 11.4 Å². The van der Waals surface area contributed by atoms with Crippen molar-refractivity contribution in [1.82, 2.24) is 14.8 Å². The number of carbonyl (C=O) groups excluding carboxylic acids is 1. The van der Waals surface area contributed by atoms with E-state index in [0.717, 1.165) is 40.1 Å². The highest BCUT2D eigenvalue weighted by atomic mass is 79.9. The van der Waals surface area contributed by atoms with Crippen LogP contribution in [0.1, 0.15) is 48.6 Å². The Labute approximate surface area is 269 Å². The second-order valence-electron chi connectivity index (χ2n) is 10.3. The molecule has 5 rings (SSSR count). The van der Waals surface area contributed by atoms with Crippen molar-refractivity contribution in [3.8, 4) is 11.5 Å². The fraction of sp³-hybridized carbons (Fsp3) is 0.281.